The van der Waals surface area contributed by atoms with Crippen molar-refractivity contribution in [2.75, 3.05) is 0 Å². The number of para-hydroxylation sites is 2. The summed E-state index contributed by atoms with van der Waals surface area (Å²) >= 11 is 0. The molecule has 2 aliphatic rings. The van der Waals surface area contributed by atoms with Crippen LogP contribution in [0.15, 0.2) is 170 Å². The molecule has 10 rings (SSSR count). The normalized spacial score (nSPS) is 13.2. The molecule has 1 aliphatic heterocycles. The molecule has 0 unspecified atom stereocenters. The van der Waals surface area contributed by atoms with E-state index < -0.39 is 5.41 Å². The fourth-order valence-corrected chi connectivity index (χ4v) is 7.73. The van der Waals surface area contributed by atoms with Gasteiger partial charge in [-0.25, -0.2) is 19.9 Å². The van der Waals surface area contributed by atoms with Crippen molar-refractivity contribution in [2.45, 2.75) is 5.41 Å². The van der Waals surface area contributed by atoms with Gasteiger partial charge in [0.15, 0.2) is 11.6 Å². The third-order valence-corrected chi connectivity index (χ3v) is 10.1. The Morgan fingerprint density at radius 3 is 1.60 bits per heavy atom. The second-order valence-corrected chi connectivity index (χ2v) is 13.1. The highest BCUT2D eigenvalue weighted by Gasteiger charge is 2.47. The minimum absolute atomic E-state index is 0.622. The molecule has 3 heterocycles. The van der Waals surface area contributed by atoms with Crippen LogP contribution in [0.3, 0.4) is 0 Å². The summed E-state index contributed by atoms with van der Waals surface area (Å²) in [5.74, 6) is 2.98. The quantitative estimate of drug-likeness (QED) is 0.187. The van der Waals surface area contributed by atoms with Crippen molar-refractivity contribution in [1.82, 2.24) is 19.9 Å². The van der Waals surface area contributed by atoms with Gasteiger partial charge in [0.25, 0.3) is 0 Å². The fourth-order valence-electron chi connectivity index (χ4n) is 7.73. The van der Waals surface area contributed by atoms with Crippen molar-refractivity contribution in [1.29, 1.82) is 0 Å². The average molecular weight is 667 g/mol. The summed E-state index contributed by atoms with van der Waals surface area (Å²) in [6.45, 7) is 0. The van der Waals surface area contributed by atoms with Gasteiger partial charge in [0.05, 0.1) is 16.8 Å². The molecule has 6 aromatic carbocycles. The summed E-state index contributed by atoms with van der Waals surface area (Å²) in [7, 11) is 0. The number of nitrogens with zero attached hydrogens (tertiary/aromatic N) is 4. The smallest absolute Gasteiger partial charge is 0.160 e. The minimum Gasteiger partial charge on any atom is -0.457 e. The highest BCUT2D eigenvalue weighted by molar-refractivity contribution is 5.85. The summed E-state index contributed by atoms with van der Waals surface area (Å²) < 4.78 is 6.60. The van der Waals surface area contributed by atoms with Crippen LogP contribution in [0.4, 0.5) is 0 Å². The van der Waals surface area contributed by atoms with Gasteiger partial charge < -0.3 is 4.74 Å². The fraction of sp³-hybridized carbons (Fsp3) is 0.0213. The largest absolute Gasteiger partial charge is 0.457 e. The van der Waals surface area contributed by atoms with Gasteiger partial charge in [0, 0.05) is 45.8 Å². The molecule has 0 fully saturated rings. The zero-order valence-electron chi connectivity index (χ0n) is 28.0. The lowest BCUT2D eigenvalue weighted by atomic mass is 9.62. The summed E-state index contributed by atoms with van der Waals surface area (Å²) in [5.41, 5.74) is 11.4. The van der Waals surface area contributed by atoms with E-state index in [0.29, 0.717) is 11.6 Å². The van der Waals surface area contributed by atoms with Crippen LogP contribution in [0.5, 0.6) is 11.5 Å². The summed E-state index contributed by atoms with van der Waals surface area (Å²) in [5, 5.41) is 0. The van der Waals surface area contributed by atoms with Crippen LogP contribution in [0.1, 0.15) is 33.4 Å². The molecular weight excluding hydrogens is 637 g/mol. The monoisotopic (exact) mass is 666 g/mol. The molecule has 0 atom stereocenters. The van der Waals surface area contributed by atoms with Gasteiger partial charge in [-0.1, -0.05) is 146 Å². The van der Waals surface area contributed by atoms with Crippen molar-refractivity contribution in [3.05, 3.63) is 203 Å². The van der Waals surface area contributed by atoms with Crippen molar-refractivity contribution in [3.63, 3.8) is 0 Å². The highest BCUT2D eigenvalue weighted by Crippen LogP contribution is 2.57. The van der Waals surface area contributed by atoms with Gasteiger partial charge in [0.1, 0.15) is 11.5 Å². The molecule has 0 saturated heterocycles. The van der Waals surface area contributed by atoms with Crippen molar-refractivity contribution >= 4 is 12.2 Å². The predicted molar refractivity (Wildman–Crippen MR) is 207 cm³/mol. The first kappa shape index (κ1) is 29.9. The van der Waals surface area contributed by atoms with Crippen LogP contribution in [-0.4, -0.2) is 19.9 Å². The SMILES string of the molecule is C1=Cc2ccc(-c3nc(-c4ccccc4)cc(-c4cnc(-c5ccccc5)nc4)n3)cc2C2(c3ccccc31)c1ccccc1Oc1ccccc12. The maximum Gasteiger partial charge on any atom is 0.160 e. The van der Waals surface area contributed by atoms with Crippen LogP contribution in [0.25, 0.3) is 57.4 Å². The van der Waals surface area contributed by atoms with Crippen LogP contribution in [0.2, 0.25) is 0 Å². The molecule has 2 aromatic heterocycles. The van der Waals surface area contributed by atoms with Crippen LogP contribution < -0.4 is 4.74 Å². The Morgan fingerprint density at radius 2 is 0.923 bits per heavy atom. The second-order valence-electron chi connectivity index (χ2n) is 13.1. The first-order valence-electron chi connectivity index (χ1n) is 17.4. The lowest BCUT2D eigenvalue weighted by molar-refractivity contribution is 0.434. The number of fused-ring (bicyclic) bond motifs is 8. The van der Waals surface area contributed by atoms with E-state index in [1.807, 2.05) is 79.1 Å². The topological polar surface area (TPSA) is 60.8 Å². The third kappa shape index (κ3) is 4.78. The molecule has 0 amide bonds. The van der Waals surface area contributed by atoms with Crippen LogP contribution in [-0.2, 0) is 5.41 Å². The molecule has 0 N–H and O–H groups in total. The second kappa shape index (κ2) is 12.1. The first-order chi connectivity index (χ1) is 25.8. The highest BCUT2D eigenvalue weighted by atomic mass is 16.5. The van der Waals surface area contributed by atoms with E-state index in [2.05, 4.69) is 103 Å². The van der Waals surface area contributed by atoms with Gasteiger partial charge in [-0.2, -0.15) is 0 Å². The van der Waals surface area contributed by atoms with Crippen molar-refractivity contribution in [3.8, 4) is 56.8 Å². The van der Waals surface area contributed by atoms with Gasteiger partial charge >= 0.3 is 0 Å². The summed E-state index contributed by atoms with van der Waals surface area (Å²) in [4.78, 5) is 19.9. The lowest BCUT2D eigenvalue weighted by Gasteiger charge is -2.42. The van der Waals surface area contributed by atoms with Gasteiger partial charge in [-0.15, -0.1) is 0 Å². The third-order valence-electron chi connectivity index (χ3n) is 10.1. The lowest BCUT2D eigenvalue weighted by Crippen LogP contribution is -2.35. The standard InChI is InChI=1S/C47H30N4O/c1-3-14-33(15-4-1)41-28-42(36-29-48-45(49-30-36)34-16-5-2-6-17-34)51-46(50-41)35-26-25-32-24-23-31-13-7-8-18-37(31)47(40(32)27-35)38-19-9-11-21-43(38)52-44-22-12-10-20-39(44)47/h1-30H. The Bertz CT molecular complexity index is 2610. The molecule has 5 nitrogen and oxygen atoms in total. The maximum atomic E-state index is 6.60. The van der Waals surface area contributed by atoms with Crippen LogP contribution >= 0.6 is 0 Å². The van der Waals surface area contributed by atoms with Crippen molar-refractivity contribution < 1.29 is 4.74 Å². The number of aromatic nitrogens is 4. The van der Waals surface area contributed by atoms with E-state index >= 15 is 0 Å². The number of rotatable bonds is 4. The molecule has 1 spiro atoms. The maximum absolute atomic E-state index is 6.60. The molecule has 244 valence electrons. The van der Waals surface area contributed by atoms with Crippen molar-refractivity contribution in [2.24, 2.45) is 0 Å². The van der Waals surface area contributed by atoms with Gasteiger partial charge in [-0.05, 0) is 46.5 Å². The zero-order valence-corrected chi connectivity index (χ0v) is 28.0. The molecule has 5 heteroatoms. The number of ether oxygens (including phenoxy) is 1. The molecule has 8 aromatic rings. The zero-order chi connectivity index (χ0) is 34.5. The van der Waals surface area contributed by atoms with E-state index in [9.17, 15) is 0 Å². The molecular formula is C47H30N4O. The Kier molecular flexibility index (Phi) is 6.96. The number of hydrogen-bond donors (Lipinski definition) is 0. The Labute approximate surface area is 301 Å². The van der Waals surface area contributed by atoms with Gasteiger partial charge in [-0.3, -0.25) is 0 Å². The Morgan fingerprint density at radius 1 is 0.385 bits per heavy atom. The first-order valence-corrected chi connectivity index (χ1v) is 17.4. The predicted octanol–water partition coefficient (Wildman–Crippen LogP) is 10.9. The Hall–Kier alpha value is -6.98. The van der Waals surface area contributed by atoms with Gasteiger partial charge in [0.2, 0.25) is 0 Å². The van der Waals surface area contributed by atoms with E-state index in [-0.39, 0.29) is 0 Å². The van der Waals surface area contributed by atoms with E-state index in [1.165, 1.54) is 5.56 Å². The van der Waals surface area contributed by atoms with E-state index in [0.717, 1.165) is 73.0 Å². The summed E-state index contributed by atoms with van der Waals surface area (Å²) in [6, 6.07) is 54.4. The van der Waals surface area contributed by atoms with E-state index in [1.54, 1.807) is 0 Å². The molecule has 52 heavy (non-hydrogen) atoms. The number of hydrogen-bond acceptors (Lipinski definition) is 5. The van der Waals surface area contributed by atoms with Crippen LogP contribution in [0, 0.1) is 0 Å². The molecule has 1 aliphatic carbocycles. The molecule has 0 saturated carbocycles. The molecule has 0 radical (unpaired) electrons. The minimum atomic E-state index is -0.669. The number of benzene rings is 6. The summed E-state index contributed by atoms with van der Waals surface area (Å²) in [6.07, 6.45) is 8.15. The van der Waals surface area contributed by atoms with E-state index in [4.69, 9.17) is 24.7 Å². The molecule has 0 bridgehead atoms. The Balaban J connectivity index is 1.21. The average Bonchev–Trinajstić information content (AvgIpc) is 3.36.